The van der Waals surface area contributed by atoms with Crippen LogP contribution in [0.3, 0.4) is 0 Å². The highest BCUT2D eigenvalue weighted by Crippen LogP contribution is 1.78. The Morgan fingerprint density at radius 1 is 1.73 bits per heavy atom. The second kappa shape index (κ2) is 8.68. The first-order valence-corrected chi connectivity index (χ1v) is 3.11. The van der Waals surface area contributed by atoms with Gasteiger partial charge in [0.25, 0.3) is 0 Å². The van der Waals surface area contributed by atoms with Crippen LogP contribution in [0.2, 0.25) is 0 Å². The Bertz CT molecular complexity index is 152. The van der Waals surface area contributed by atoms with Gasteiger partial charge in [-0.2, -0.15) is 0 Å². The Labute approximate surface area is 65.8 Å². The molecular formula is C7H13NO3. The molecule has 0 heterocycles. The van der Waals surface area contributed by atoms with Crippen LogP contribution in [0.1, 0.15) is 20.3 Å². The van der Waals surface area contributed by atoms with E-state index in [1.165, 1.54) is 0 Å². The maximum atomic E-state index is 9.25. The van der Waals surface area contributed by atoms with Crippen LogP contribution < -0.4 is 0 Å². The molecule has 0 aromatic carbocycles. The summed E-state index contributed by atoms with van der Waals surface area (Å²) in [5.41, 5.74) is 0.773. The number of hydrogen-bond acceptors (Lipinski definition) is 3. The van der Waals surface area contributed by atoms with Gasteiger partial charge in [0.05, 0.1) is 5.71 Å². The fourth-order valence-electron chi connectivity index (χ4n) is 0.0707. The van der Waals surface area contributed by atoms with Crippen LogP contribution in [0.25, 0.3) is 0 Å². The van der Waals surface area contributed by atoms with Crippen LogP contribution >= 0.6 is 0 Å². The summed E-state index contributed by atoms with van der Waals surface area (Å²) in [7, 11) is 0. The number of rotatable bonds is 2. The minimum atomic E-state index is -0.981. The minimum absolute atomic E-state index is 0.773. The van der Waals surface area contributed by atoms with E-state index in [-0.39, 0.29) is 0 Å². The summed E-state index contributed by atoms with van der Waals surface area (Å²) in [4.78, 5) is 9.25. The molecule has 0 rings (SSSR count). The molecule has 0 aromatic heterocycles. The zero-order valence-corrected chi connectivity index (χ0v) is 6.74. The van der Waals surface area contributed by atoms with Crippen molar-refractivity contribution in [1.82, 2.24) is 0 Å². The quantitative estimate of drug-likeness (QED) is 0.277. The van der Waals surface area contributed by atoms with Gasteiger partial charge in [0.2, 0.25) is 0 Å². The van der Waals surface area contributed by atoms with E-state index in [1.807, 2.05) is 6.92 Å². The average Bonchev–Trinajstić information content (AvgIpc) is 2.04. The van der Waals surface area contributed by atoms with Gasteiger partial charge in [-0.1, -0.05) is 18.7 Å². The van der Waals surface area contributed by atoms with Crippen molar-refractivity contribution >= 4 is 11.7 Å². The van der Waals surface area contributed by atoms with E-state index in [0.29, 0.717) is 0 Å². The molecule has 64 valence electrons. The third-order valence-corrected chi connectivity index (χ3v) is 0.857. The molecule has 0 aliphatic carbocycles. The third-order valence-electron chi connectivity index (χ3n) is 0.857. The van der Waals surface area contributed by atoms with Gasteiger partial charge in [-0.05, 0) is 13.3 Å². The Hall–Kier alpha value is -1.32. The number of carboxylic acid groups (broad SMARTS) is 1. The highest BCUT2D eigenvalue weighted by molar-refractivity contribution is 5.80. The molecule has 4 nitrogen and oxygen atoms in total. The summed E-state index contributed by atoms with van der Waals surface area (Å²) in [6.45, 7) is 6.68. The van der Waals surface area contributed by atoms with Crippen LogP contribution in [-0.2, 0) is 4.79 Å². The van der Waals surface area contributed by atoms with Gasteiger partial charge in [0.15, 0.2) is 0 Å². The SMILES string of the molecule is C=CC(=O)O.CCC(C)=NO. The van der Waals surface area contributed by atoms with Crippen molar-refractivity contribution in [3.8, 4) is 0 Å². The highest BCUT2D eigenvalue weighted by atomic mass is 16.4. The molecule has 4 heteroatoms. The summed E-state index contributed by atoms with van der Waals surface area (Å²) < 4.78 is 0. The van der Waals surface area contributed by atoms with Gasteiger partial charge in [0.1, 0.15) is 0 Å². The van der Waals surface area contributed by atoms with Crippen molar-refractivity contribution in [3.05, 3.63) is 12.7 Å². The number of hydrogen-bond donors (Lipinski definition) is 2. The molecule has 11 heavy (non-hydrogen) atoms. The number of nitrogens with zero attached hydrogens (tertiary/aromatic N) is 1. The first kappa shape index (κ1) is 12.4. The monoisotopic (exact) mass is 159 g/mol. The number of aliphatic carboxylic acids is 1. The molecule has 0 aliphatic rings. The molecule has 0 radical (unpaired) electrons. The minimum Gasteiger partial charge on any atom is -0.478 e. The maximum absolute atomic E-state index is 9.25. The lowest BCUT2D eigenvalue weighted by molar-refractivity contribution is -0.131. The zero-order valence-electron chi connectivity index (χ0n) is 6.74. The second-order valence-corrected chi connectivity index (χ2v) is 1.73. The van der Waals surface area contributed by atoms with E-state index in [9.17, 15) is 4.79 Å². The van der Waals surface area contributed by atoms with Gasteiger partial charge in [-0.15, -0.1) is 0 Å². The molecular weight excluding hydrogens is 146 g/mol. The topological polar surface area (TPSA) is 69.9 Å². The Morgan fingerprint density at radius 3 is 2.09 bits per heavy atom. The first-order valence-electron chi connectivity index (χ1n) is 3.11. The van der Waals surface area contributed by atoms with Crippen LogP contribution in [-0.4, -0.2) is 22.0 Å². The second-order valence-electron chi connectivity index (χ2n) is 1.73. The highest BCUT2D eigenvalue weighted by Gasteiger charge is 1.77. The van der Waals surface area contributed by atoms with Crippen molar-refractivity contribution < 1.29 is 15.1 Å². The predicted octanol–water partition coefficient (Wildman–Crippen LogP) is 1.50. The Morgan fingerprint density at radius 2 is 2.09 bits per heavy atom. The lowest BCUT2D eigenvalue weighted by atomic mass is 10.3. The molecule has 0 fully saturated rings. The van der Waals surface area contributed by atoms with Crippen LogP contribution in [0.5, 0.6) is 0 Å². The standard InChI is InChI=1S/C4H9NO.C3H4O2/c1-3-4(2)5-6;1-2-3(4)5/h6H,3H2,1-2H3;2H,1H2,(H,4,5). The van der Waals surface area contributed by atoms with Gasteiger partial charge >= 0.3 is 5.97 Å². The van der Waals surface area contributed by atoms with Crippen molar-refractivity contribution in [2.24, 2.45) is 5.16 Å². The number of carbonyl (C=O) groups is 1. The van der Waals surface area contributed by atoms with Crippen LogP contribution in [0, 0.1) is 0 Å². The van der Waals surface area contributed by atoms with Gasteiger partial charge < -0.3 is 10.3 Å². The van der Waals surface area contributed by atoms with Crippen molar-refractivity contribution in [3.63, 3.8) is 0 Å². The Kier molecular flexibility index (Phi) is 9.76. The largest absolute Gasteiger partial charge is 0.478 e. The molecule has 0 bridgehead atoms. The third kappa shape index (κ3) is 17.7. The van der Waals surface area contributed by atoms with Crippen molar-refractivity contribution in [2.75, 3.05) is 0 Å². The van der Waals surface area contributed by atoms with E-state index >= 15 is 0 Å². The molecule has 0 aliphatic heterocycles. The van der Waals surface area contributed by atoms with Gasteiger partial charge in [-0.25, -0.2) is 4.79 Å². The normalized spacial score (nSPS) is 9.45. The molecule has 0 amide bonds. The summed E-state index contributed by atoms with van der Waals surface area (Å²) in [6.07, 6.45) is 1.66. The summed E-state index contributed by atoms with van der Waals surface area (Å²) in [6, 6.07) is 0. The van der Waals surface area contributed by atoms with Crippen molar-refractivity contribution in [2.45, 2.75) is 20.3 Å². The predicted molar refractivity (Wildman–Crippen MR) is 43.0 cm³/mol. The fraction of sp³-hybridized carbons (Fsp3) is 0.429. The van der Waals surface area contributed by atoms with E-state index < -0.39 is 5.97 Å². The smallest absolute Gasteiger partial charge is 0.327 e. The van der Waals surface area contributed by atoms with Crippen LogP contribution in [0.4, 0.5) is 0 Å². The van der Waals surface area contributed by atoms with Crippen LogP contribution in [0.15, 0.2) is 17.8 Å². The summed E-state index contributed by atoms with van der Waals surface area (Å²) >= 11 is 0. The number of carboxylic acids is 1. The molecule has 0 atom stereocenters. The Balaban J connectivity index is 0. The van der Waals surface area contributed by atoms with E-state index in [1.54, 1.807) is 6.92 Å². The van der Waals surface area contributed by atoms with Gasteiger partial charge in [0, 0.05) is 6.08 Å². The zero-order chi connectivity index (χ0) is 9.28. The molecule has 0 saturated heterocycles. The molecule has 0 aromatic rings. The van der Waals surface area contributed by atoms with Crippen molar-refractivity contribution in [1.29, 1.82) is 0 Å². The average molecular weight is 159 g/mol. The van der Waals surface area contributed by atoms with Gasteiger partial charge in [-0.3, -0.25) is 0 Å². The van der Waals surface area contributed by atoms with E-state index in [2.05, 4.69) is 11.7 Å². The maximum Gasteiger partial charge on any atom is 0.327 e. The summed E-state index contributed by atoms with van der Waals surface area (Å²) in [5, 5.41) is 18.5. The molecule has 0 unspecified atom stereocenters. The molecule has 0 spiro atoms. The summed E-state index contributed by atoms with van der Waals surface area (Å²) in [5.74, 6) is -0.981. The lowest BCUT2D eigenvalue weighted by Gasteiger charge is -1.81. The molecule has 2 N–H and O–H groups in total. The number of oxime groups is 1. The fourth-order valence-corrected chi connectivity index (χ4v) is 0.0707. The van der Waals surface area contributed by atoms with E-state index in [4.69, 9.17) is 10.3 Å². The lowest BCUT2D eigenvalue weighted by Crippen LogP contribution is -1.83. The van der Waals surface area contributed by atoms with E-state index in [0.717, 1.165) is 18.2 Å². The first-order chi connectivity index (χ1) is 5.08. The molecule has 0 saturated carbocycles.